The SMILES string of the molecule is CCC(CC)N(CCOC)S(=O)(=O)N(C)CCCCl. The summed E-state index contributed by atoms with van der Waals surface area (Å²) in [5.74, 6) is 0.461. The van der Waals surface area contributed by atoms with E-state index in [1.54, 1.807) is 18.5 Å². The van der Waals surface area contributed by atoms with Crippen LogP contribution in [0.15, 0.2) is 0 Å². The Hall–Kier alpha value is 0.120. The molecule has 0 atom stereocenters. The Labute approximate surface area is 123 Å². The maximum atomic E-state index is 12.6. The smallest absolute Gasteiger partial charge is 0.282 e. The number of methoxy groups -OCH3 is 1. The van der Waals surface area contributed by atoms with Crippen LogP contribution in [-0.4, -0.2) is 62.8 Å². The molecule has 0 spiro atoms. The lowest BCUT2D eigenvalue weighted by atomic mass is 10.2. The Morgan fingerprint density at radius 3 is 2.21 bits per heavy atom. The van der Waals surface area contributed by atoms with E-state index in [0.717, 1.165) is 12.8 Å². The van der Waals surface area contributed by atoms with E-state index < -0.39 is 10.2 Å². The van der Waals surface area contributed by atoms with Gasteiger partial charge in [-0.05, 0) is 19.3 Å². The van der Waals surface area contributed by atoms with Crippen LogP contribution in [0, 0.1) is 0 Å². The van der Waals surface area contributed by atoms with Crippen molar-refractivity contribution in [2.75, 3.05) is 39.7 Å². The van der Waals surface area contributed by atoms with Crippen LogP contribution in [0.5, 0.6) is 0 Å². The monoisotopic (exact) mass is 314 g/mol. The summed E-state index contributed by atoms with van der Waals surface area (Å²) in [7, 11) is -0.261. The molecule has 0 fully saturated rings. The molecule has 116 valence electrons. The molecule has 0 aromatic rings. The molecule has 0 aromatic heterocycles. The van der Waals surface area contributed by atoms with Crippen molar-refractivity contribution in [2.45, 2.75) is 39.2 Å². The van der Waals surface area contributed by atoms with Gasteiger partial charge in [0, 0.05) is 39.2 Å². The summed E-state index contributed by atoms with van der Waals surface area (Å²) in [6.07, 6.45) is 2.24. The summed E-state index contributed by atoms with van der Waals surface area (Å²) < 4.78 is 33.1. The number of rotatable bonds is 11. The largest absolute Gasteiger partial charge is 0.383 e. The van der Waals surface area contributed by atoms with Crippen molar-refractivity contribution in [2.24, 2.45) is 0 Å². The van der Waals surface area contributed by atoms with Gasteiger partial charge in [-0.1, -0.05) is 13.8 Å². The fourth-order valence-electron chi connectivity index (χ4n) is 1.94. The average Bonchev–Trinajstić information content (AvgIpc) is 2.40. The van der Waals surface area contributed by atoms with E-state index in [0.29, 0.717) is 32.0 Å². The molecule has 0 heterocycles. The van der Waals surface area contributed by atoms with Crippen molar-refractivity contribution in [3.05, 3.63) is 0 Å². The first-order chi connectivity index (χ1) is 8.95. The lowest BCUT2D eigenvalue weighted by molar-refractivity contribution is 0.159. The van der Waals surface area contributed by atoms with Crippen LogP contribution in [0.1, 0.15) is 33.1 Å². The van der Waals surface area contributed by atoms with Gasteiger partial charge < -0.3 is 4.74 Å². The second kappa shape index (κ2) is 9.94. The third kappa shape index (κ3) is 5.95. The Bertz CT molecular complexity index is 321. The topological polar surface area (TPSA) is 49.9 Å². The normalized spacial score (nSPS) is 12.8. The predicted molar refractivity (Wildman–Crippen MR) is 79.8 cm³/mol. The van der Waals surface area contributed by atoms with Crippen LogP contribution >= 0.6 is 11.6 Å². The minimum absolute atomic E-state index is 0.0126. The van der Waals surface area contributed by atoms with E-state index in [4.69, 9.17) is 16.3 Å². The fourth-order valence-corrected chi connectivity index (χ4v) is 3.76. The van der Waals surface area contributed by atoms with Crippen LogP contribution in [0.3, 0.4) is 0 Å². The second-order valence-electron chi connectivity index (χ2n) is 4.45. The Morgan fingerprint density at radius 2 is 1.79 bits per heavy atom. The molecule has 19 heavy (non-hydrogen) atoms. The summed E-state index contributed by atoms with van der Waals surface area (Å²) in [5.41, 5.74) is 0. The van der Waals surface area contributed by atoms with E-state index in [1.807, 2.05) is 13.8 Å². The van der Waals surface area contributed by atoms with Crippen LogP contribution in [0.4, 0.5) is 0 Å². The number of nitrogens with zero attached hydrogens (tertiary/aromatic N) is 2. The Morgan fingerprint density at radius 1 is 1.21 bits per heavy atom. The molecule has 0 rings (SSSR count). The quantitative estimate of drug-likeness (QED) is 0.548. The predicted octanol–water partition coefficient (Wildman–Crippen LogP) is 1.93. The van der Waals surface area contributed by atoms with E-state index in [-0.39, 0.29) is 6.04 Å². The number of hydrogen-bond acceptors (Lipinski definition) is 3. The molecule has 0 unspecified atom stereocenters. The molecule has 0 aliphatic carbocycles. The highest BCUT2D eigenvalue weighted by Gasteiger charge is 2.30. The molecular formula is C12H27ClN2O3S. The maximum absolute atomic E-state index is 12.6. The van der Waals surface area contributed by atoms with Crippen molar-refractivity contribution in [3.63, 3.8) is 0 Å². The van der Waals surface area contributed by atoms with Crippen LogP contribution in [0.2, 0.25) is 0 Å². The molecule has 0 bridgehead atoms. The Kier molecular flexibility index (Phi) is 10.00. The first-order valence-corrected chi connectivity index (χ1v) is 8.66. The standard InChI is InChI=1S/C12H27ClN2O3S/c1-5-12(6-2)15(10-11-18-4)19(16,17)14(3)9-7-8-13/h12H,5-11H2,1-4H3. The van der Waals surface area contributed by atoms with Crippen LogP contribution < -0.4 is 0 Å². The molecular weight excluding hydrogens is 288 g/mol. The summed E-state index contributed by atoms with van der Waals surface area (Å²) in [6, 6.07) is 0.0126. The molecule has 0 radical (unpaired) electrons. The van der Waals surface area contributed by atoms with Crippen LogP contribution in [0.25, 0.3) is 0 Å². The van der Waals surface area contributed by atoms with Gasteiger partial charge in [0.25, 0.3) is 10.2 Å². The van der Waals surface area contributed by atoms with Crippen molar-refractivity contribution < 1.29 is 13.2 Å². The summed E-state index contributed by atoms with van der Waals surface area (Å²) in [5, 5.41) is 0. The molecule has 0 aliphatic heterocycles. The highest BCUT2D eigenvalue weighted by atomic mass is 35.5. The van der Waals surface area contributed by atoms with E-state index in [1.165, 1.54) is 4.31 Å². The molecule has 0 amide bonds. The maximum Gasteiger partial charge on any atom is 0.282 e. The zero-order valence-corrected chi connectivity index (χ0v) is 14.0. The first kappa shape index (κ1) is 19.1. The van der Waals surface area contributed by atoms with Gasteiger partial charge >= 0.3 is 0 Å². The fraction of sp³-hybridized carbons (Fsp3) is 1.00. The van der Waals surface area contributed by atoms with E-state index in [2.05, 4.69) is 0 Å². The van der Waals surface area contributed by atoms with Gasteiger partial charge in [0.2, 0.25) is 0 Å². The van der Waals surface area contributed by atoms with Crippen molar-refractivity contribution in [1.29, 1.82) is 0 Å². The van der Waals surface area contributed by atoms with Gasteiger partial charge in [-0.25, -0.2) is 0 Å². The van der Waals surface area contributed by atoms with Crippen molar-refractivity contribution in [3.8, 4) is 0 Å². The summed E-state index contributed by atoms with van der Waals surface area (Å²) in [4.78, 5) is 0. The molecule has 0 saturated carbocycles. The van der Waals surface area contributed by atoms with Crippen molar-refractivity contribution >= 4 is 21.8 Å². The molecule has 0 saturated heterocycles. The molecule has 5 nitrogen and oxygen atoms in total. The van der Waals surface area contributed by atoms with E-state index >= 15 is 0 Å². The number of ether oxygens (including phenoxy) is 1. The lowest BCUT2D eigenvalue weighted by Gasteiger charge is -2.32. The van der Waals surface area contributed by atoms with Gasteiger partial charge in [0.1, 0.15) is 0 Å². The average molecular weight is 315 g/mol. The zero-order valence-electron chi connectivity index (χ0n) is 12.4. The lowest BCUT2D eigenvalue weighted by Crippen LogP contribution is -2.48. The summed E-state index contributed by atoms with van der Waals surface area (Å²) in [6.45, 7) is 5.23. The zero-order chi connectivity index (χ0) is 14.9. The third-order valence-electron chi connectivity index (χ3n) is 3.16. The van der Waals surface area contributed by atoms with Crippen molar-refractivity contribution in [1.82, 2.24) is 8.61 Å². The van der Waals surface area contributed by atoms with Gasteiger partial charge in [-0.2, -0.15) is 17.0 Å². The minimum Gasteiger partial charge on any atom is -0.383 e. The van der Waals surface area contributed by atoms with Crippen LogP contribution in [-0.2, 0) is 14.9 Å². The first-order valence-electron chi connectivity index (χ1n) is 6.73. The minimum atomic E-state index is -3.44. The van der Waals surface area contributed by atoms with Gasteiger partial charge in [0.15, 0.2) is 0 Å². The van der Waals surface area contributed by atoms with Gasteiger partial charge in [0.05, 0.1) is 6.61 Å². The third-order valence-corrected chi connectivity index (χ3v) is 5.47. The van der Waals surface area contributed by atoms with Gasteiger partial charge in [-0.3, -0.25) is 0 Å². The van der Waals surface area contributed by atoms with Gasteiger partial charge in [-0.15, -0.1) is 11.6 Å². The second-order valence-corrected chi connectivity index (χ2v) is 6.81. The molecule has 7 heteroatoms. The summed E-state index contributed by atoms with van der Waals surface area (Å²) >= 11 is 5.62. The molecule has 0 aromatic carbocycles. The number of hydrogen-bond donors (Lipinski definition) is 0. The molecule has 0 N–H and O–H groups in total. The number of alkyl halides is 1. The Balaban J connectivity index is 4.98. The van der Waals surface area contributed by atoms with E-state index in [9.17, 15) is 8.42 Å². The number of halogens is 1. The molecule has 0 aliphatic rings. The highest BCUT2D eigenvalue weighted by molar-refractivity contribution is 7.86. The highest BCUT2D eigenvalue weighted by Crippen LogP contribution is 2.16.